The summed E-state index contributed by atoms with van der Waals surface area (Å²) in [5, 5.41) is 13.9. The monoisotopic (exact) mass is 425 g/mol. The zero-order valence-corrected chi connectivity index (χ0v) is 18.0. The fourth-order valence-electron chi connectivity index (χ4n) is 3.84. The van der Waals surface area contributed by atoms with Crippen molar-refractivity contribution < 1.29 is 8.83 Å². The molecule has 9 nitrogen and oxygen atoms in total. The van der Waals surface area contributed by atoms with Crippen molar-refractivity contribution in [3.63, 3.8) is 0 Å². The van der Waals surface area contributed by atoms with E-state index in [9.17, 15) is 0 Å². The molecule has 3 aromatic heterocycles. The predicted molar refractivity (Wildman–Crippen MR) is 119 cm³/mol. The number of hydrogen-bond donors (Lipinski definition) is 3. The molecule has 0 spiro atoms. The van der Waals surface area contributed by atoms with E-state index in [1.54, 1.807) is 12.5 Å². The number of piperidine rings is 1. The SMILES string of the molecule is CCNC(=NCC(c1ccco1)N1CCCCC1)NCCc1nc(-c2ccco2)n[nH]1. The number of nitrogens with zero attached hydrogens (tertiary/aromatic N) is 4. The molecular weight excluding hydrogens is 394 g/mol. The molecular formula is C22H31N7O2. The summed E-state index contributed by atoms with van der Waals surface area (Å²) in [4.78, 5) is 11.8. The summed E-state index contributed by atoms with van der Waals surface area (Å²) in [5.41, 5.74) is 0. The van der Waals surface area contributed by atoms with Crippen LogP contribution in [0, 0.1) is 0 Å². The minimum atomic E-state index is 0.163. The molecule has 3 aromatic rings. The Kier molecular flexibility index (Phi) is 7.38. The van der Waals surface area contributed by atoms with Crippen molar-refractivity contribution >= 4 is 5.96 Å². The highest BCUT2D eigenvalue weighted by Gasteiger charge is 2.24. The van der Waals surface area contributed by atoms with Crippen LogP contribution in [0.25, 0.3) is 11.6 Å². The Morgan fingerprint density at radius 3 is 2.74 bits per heavy atom. The van der Waals surface area contributed by atoms with Crippen molar-refractivity contribution in [3.8, 4) is 11.6 Å². The van der Waals surface area contributed by atoms with Crippen LogP contribution in [0.3, 0.4) is 0 Å². The molecule has 1 aliphatic heterocycles. The Hall–Kier alpha value is -3.07. The van der Waals surface area contributed by atoms with E-state index in [1.807, 2.05) is 18.2 Å². The molecule has 1 unspecified atom stereocenters. The largest absolute Gasteiger partial charge is 0.468 e. The van der Waals surface area contributed by atoms with Gasteiger partial charge < -0.3 is 19.5 Å². The van der Waals surface area contributed by atoms with E-state index in [0.29, 0.717) is 31.1 Å². The average molecular weight is 426 g/mol. The third kappa shape index (κ3) is 5.75. The first kappa shape index (κ1) is 21.2. The van der Waals surface area contributed by atoms with Crippen LogP contribution in [0.15, 0.2) is 50.6 Å². The second kappa shape index (κ2) is 10.8. The van der Waals surface area contributed by atoms with Crippen LogP contribution in [0.1, 0.15) is 43.8 Å². The summed E-state index contributed by atoms with van der Waals surface area (Å²) in [6.45, 7) is 6.38. The van der Waals surface area contributed by atoms with Gasteiger partial charge in [0.25, 0.3) is 0 Å². The molecule has 9 heteroatoms. The van der Waals surface area contributed by atoms with Crippen LogP contribution in [0.2, 0.25) is 0 Å². The molecule has 0 saturated carbocycles. The molecule has 1 fully saturated rings. The van der Waals surface area contributed by atoms with E-state index >= 15 is 0 Å². The average Bonchev–Trinajstić information content (AvgIpc) is 3.57. The van der Waals surface area contributed by atoms with Gasteiger partial charge in [-0.1, -0.05) is 6.42 Å². The minimum Gasteiger partial charge on any atom is -0.468 e. The molecule has 1 atom stereocenters. The predicted octanol–water partition coefficient (Wildman–Crippen LogP) is 2.98. The van der Waals surface area contributed by atoms with Gasteiger partial charge in [-0.25, -0.2) is 4.98 Å². The summed E-state index contributed by atoms with van der Waals surface area (Å²) >= 11 is 0. The number of aromatic amines is 1. The molecule has 166 valence electrons. The smallest absolute Gasteiger partial charge is 0.216 e. The lowest BCUT2D eigenvalue weighted by atomic mass is 10.1. The van der Waals surface area contributed by atoms with Crippen molar-refractivity contribution in [2.24, 2.45) is 4.99 Å². The molecule has 0 amide bonds. The fourth-order valence-corrected chi connectivity index (χ4v) is 3.84. The van der Waals surface area contributed by atoms with E-state index in [4.69, 9.17) is 13.8 Å². The van der Waals surface area contributed by atoms with Gasteiger partial charge in [0.2, 0.25) is 5.82 Å². The van der Waals surface area contributed by atoms with E-state index in [-0.39, 0.29) is 6.04 Å². The number of nitrogens with one attached hydrogen (secondary N) is 3. The highest BCUT2D eigenvalue weighted by atomic mass is 16.3. The first-order valence-corrected chi connectivity index (χ1v) is 11.1. The number of likely N-dealkylation sites (tertiary alicyclic amines) is 1. The Bertz CT molecular complexity index is 912. The molecule has 3 N–H and O–H groups in total. The molecule has 0 radical (unpaired) electrons. The third-order valence-electron chi connectivity index (χ3n) is 5.40. The van der Waals surface area contributed by atoms with Crippen molar-refractivity contribution in [2.75, 3.05) is 32.7 Å². The Morgan fingerprint density at radius 1 is 1.16 bits per heavy atom. The highest BCUT2D eigenvalue weighted by molar-refractivity contribution is 5.79. The van der Waals surface area contributed by atoms with Crippen LogP contribution in [0.4, 0.5) is 0 Å². The molecule has 31 heavy (non-hydrogen) atoms. The summed E-state index contributed by atoms with van der Waals surface area (Å²) < 4.78 is 11.1. The van der Waals surface area contributed by atoms with Gasteiger partial charge >= 0.3 is 0 Å². The van der Waals surface area contributed by atoms with Gasteiger partial charge in [-0.3, -0.25) is 15.0 Å². The van der Waals surface area contributed by atoms with Gasteiger partial charge in [0.15, 0.2) is 11.7 Å². The van der Waals surface area contributed by atoms with E-state index < -0.39 is 0 Å². The lowest BCUT2D eigenvalue weighted by molar-refractivity contribution is 0.150. The summed E-state index contributed by atoms with van der Waals surface area (Å²) in [6.07, 6.45) is 7.83. The number of furan rings is 2. The van der Waals surface area contributed by atoms with Gasteiger partial charge in [-0.05, 0) is 57.1 Å². The Balaban J connectivity index is 1.34. The molecule has 1 saturated heterocycles. The van der Waals surface area contributed by atoms with Crippen LogP contribution >= 0.6 is 0 Å². The summed E-state index contributed by atoms with van der Waals surface area (Å²) in [7, 11) is 0. The van der Waals surface area contributed by atoms with Crippen molar-refractivity contribution in [1.82, 2.24) is 30.7 Å². The van der Waals surface area contributed by atoms with Gasteiger partial charge in [-0.15, -0.1) is 0 Å². The maximum absolute atomic E-state index is 5.73. The van der Waals surface area contributed by atoms with Crippen molar-refractivity contribution in [2.45, 2.75) is 38.6 Å². The fraction of sp³-hybridized carbons (Fsp3) is 0.500. The number of aliphatic imine (C=N–C) groups is 1. The molecule has 0 bridgehead atoms. The number of H-pyrrole nitrogens is 1. The van der Waals surface area contributed by atoms with E-state index in [2.05, 4.69) is 43.7 Å². The van der Waals surface area contributed by atoms with Crippen molar-refractivity contribution in [1.29, 1.82) is 0 Å². The summed E-state index contributed by atoms with van der Waals surface area (Å²) in [5.74, 6) is 3.81. The first-order valence-electron chi connectivity index (χ1n) is 11.1. The number of guanidine groups is 1. The molecule has 0 aliphatic carbocycles. The molecule has 4 heterocycles. The van der Waals surface area contributed by atoms with Gasteiger partial charge in [0.1, 0.15) is 11.6 Å². The minimum absolute atomic E-state index is 0.163. The number of aromatic nitrogens is 3. The molecule has 4 rings (SSSR count). The standard InChI is InChI=1S/C22H31N7O2/c1-2-23-22(24-11-10-20-26-21(28-27-20)19-9-7-15-31-19)25-16-17(18-8-6-14-30-18)29-12-4-3-5-13-29/h6-9,14-15,17H,2-5,10-13,16H2,1H3,(H2,23,24,25)(H,26,27,28). The first-order chi connectivity index (χ1) is 15.3. The molecule has 1 aliphatic rings. The topological polar surface area (TPSA) is 108 Å². The maximum atomic E-state index is 5.73. The third-order valence-corrected chi connectivity index (χ3v) is 5.40. The number of rotatable bonds is 9. The Labute approximate surface area is 182 Å². The second-order valence-corrected chi connectivity index (χ2v) is 7.61. The van der Waals surface area contributed by atoms with Gasteiger partial charge in [0, 0.05) is 19.5 Å². The lowest BCUT2D eigenvalue weighted by Gasteiger charge is -2.32. The van der Waals surface area contributed by atoms with Crippen LogP contribution in [0.5, 0.6) is 0 Å². The second-order valence-electron chi connectivity index (χ2n) is 7.61. The quantitative estimate of drug-likeness (QED) is 0.357. The summed E-state index contributed by atoms with van der Waals surface area (Å²) in [6, 6.07) is 7.84. The van der Waals surface area contributed by atoms with Crippen LogP contribution in [-0.4, -0.2) is 58.8 Å². The van der Waals surface area contributed by atoms with Gasteiger partial charge in [-0.2, -0.15) is 5.10 Å². The van der Waals surface area contributed by atoms with Crippen molar-refractivity contribution in [3.05, 3.63) is 48.4 Å². The normalized spacial score (nSPS) is 16.4. The molecule has 0 aromatic carbocycles. The number of hydrogen-bond acceptors (Lipinski definition) is 6. The highest BCUT2D eigenvalue weighted by Crippen LogP contribution is 2.25. The lowest BCUT2D eigenvalue weighted by Crippen LogP contribution is -2.40. The maximum Gasteiger partial charge on any atom is 0.216 e. The van der Waals surface area contributed by atoms with E-state index in [0.717, 1.165) is 37.2 Å². The van der Waals surface area contributed by atoms with Crippen LogP contribution < -0.4 is 10.6 Å². The van der Waals surface area contributed by atoms with Gasteiger partial charge in [0.05, 0.1) is 25.1 Å². The zero-order chi connectivity index (χ0) is 21.3. The van der Waals surface area contributed by atoms with Crippen LogP contribution in [-0.2, 0) is 6.42 Å². The zero-order valence-electron chi connectivity index (χ0n) is 18.0. The van der Waals surface area contributed by atoms with E-state index in [1.165, 1.54) is 19.3 Å². The Morgan fingerprint density at radius 2 is 2.00 bits per heavy atom.